The molecule has 6 heteroatoms. The third-order valence-corrected chi connectivity index (χ3v) is 4.04. The molecule has 1 unspecified atom stereocenters. The molecule has 1 aromatic carbocycles. The third-order valence-electron chi connectivity index (χ3n) is 3.32. The van der Waals surface area contributed by atoms with E-state index in [2.05, 4.69) is 21.6 Å². The average Bonchev–Trinajstić information content (AvgIpc) is 2.95. The van der Waals surface area contributed by atoms with Crippen molar-refractivity contribution < 1.29 is 4.74 Å². The van der Waals surface area contributed by atoms with E-state index in [0.29, 0.717) is 6.42 Å². The Bertz CT molecular complexity index is 558. The lowest BCUT2D eigenvalue weighted by Crippen LogP contribution is -2.22. The Morgan fingerprint density at radius 1 is 1.38 bits per heavy atom. The summed E-state index contributed by atoms with van der Waals surface area (Å²) in [6, 6.07) is 8.19. The van der Waals surface area contributed by atoms with Crippen LogP contribution < -0.4 is 15.8 Å². The zero-order valence-electron chi connectivity index (χ0n) is 12.5. The van der Waals surface area contributed by atoms with Gasteiger partial charge in [-0.15, -0.1) is 0 Å². The third kappa shape index (κ3) is 4.68. The van der Waals surface area contributed by atoms with E-state index in [4.69, 9.17) is 10.5 Å². The second-order valence-corrected chi connectivity index (χ2v) is 5.64. The molecule has 0 saturated carbocycles. The Kier molecular flexibility index (Phi) is 5.95. The number of rotatable bonds is 8. The van der Waals surface area contributed by atoms with Crippen LogP contribution in [0.15, 0.2) is 24.3 Å². The van der Waals surface area contributed by atoms with Crippen LogP contribution in [0.5, 0.6) is 5.75 Å². The van der Waals surface area contributed by atoms with E-state index in [9.17, 15) is 0 Å². The second-order valence-electron chi connectivity index (χ2n) is 4.89. The summed E-state index contributed by atoms with van der Waals surface area (Å²) in [4.78, 5) is 4.50. The number of nitrogens with one attached hydrogen (secondary N) is 1. The fourth-order valence-electron chi connectivity index (χ4n) is 1.99. The number of anilines is 1. The van der Waals surface area contributed by atoms with Crippen LogP contribution >= 0.6 is 11.5 Å². The number of nitrogens with zero attached hydrogens (tertiary/aromatic N) is 2. The average molecular weight is 306 g/mol. The van der Waals surface area contributed by atoms with Gasteiger partial charge in [0.1, 0.15) is 11.6 Å². The molecule has 2 rings (SSSR count). The van der Waals surface area contributed by atoms with E-state index in [1.807, 2.05) is 24.3 Å². The summed E-state index contributed by atoms with van der Waals surface area (Å²) in [5.41, 5.74) is 6.98. The van der Waals surface area contributed by atoms with Gasteiger partial charge in [-0.3, -0.25) is 0 Å². The van der Waals surface area contributed by atoms with Gasteiger partial charge in [-0.25, -0.2) is 4.98 Å². The number of ether oxygens (including phenoxy) is 1. The summed E-state index contributed by atoms with van der Waals surface area (Å²) < 4.78 is 9.73. The lowest BCUT2D eigenvalue weighted by Gasteiger charge is -2.08. The van der Waals surface area contributed by atoms with Crippen LogP contribution in [-0.4, -0.2) is 29.1 Å². The van der Waals surface area contributed by atoms with Gasteiger partial charge in [-0.2, -0.15) is 4.37 Å². The SMILES string of the molecule is CCC(N)CCNc1nc(Cc2ccccc2OC)ns1. The first kappa shape index (κ1) is 15.7. The van der Waals surface area contributed by atoms with Crippen LogP contribution in [0.4, 0.5) is 5.13 Å². The Hall–Kier alpha value is -1.66. The predicted octanol–water partition coefficient (Wildman–Crippen LogP) is 2.68. The normalized spacial score (nSPS) is 12.1. The topological polar surface area (TPSA) is 73.1 Å². The molecule has 0 radical (unpaired) electrons. The minimum absolute atomic E-state index is 0.249. The summed E-state index contributed by atoms with van der Waals surface area (Å²) >= 11 is 1.39. The maximum absolute atomic E-state index is 5.89. The molecular weight excluding hydrogens is 284 g/mol. The molecule has 0 aliphatic carbocycles. The van der Waals surface area contributed by atoms with Crippen LogP contribution in [0.1, 0.15) is 31.2 Å². The zero-order valence-corrected chi connectivity index (χ0v) is 13.3. The van der Waals surface area contributed by atoms with Crippen molar-refractivity contribution in [2.75, 3.05) is 19.0 Å². The number of methoxy groups -OCH3 is 1. The second kappa shape index (κ2) is 7.95. The van der Waals surface area contributed by atoms with Crippen LogP contribution in [-0.2, 0) is 6.42 Å². The minimum Gasteiger partial charge on any atom is -0.496 e. The summed E-state index contributed by atoms with van der Waals surface area (Å²) in [5, 5.41) is 4.13. The van der Waals surface area contributed by atoms with Gasteiger partial charge in [-0.05, 0) is 18.9 Å². The molecule has 2 aromatic rings. The lowest BCUT2D eigenvalue weighted by molar-refractivity contribution is 0.410. The van der Waals surface area contributed by atoms with Crippen molar-refractivity contribution in [3.05, 3.63) is 35.7 Å². The number of nitrogens with two attached hydrogens (primary N) is 1. The van der Waals surface area contributed by atoms with Crippen molar-refractivity contribution in [1.29, 1.82) is 0 Å². The van der Waals surface area contributed by atoms with E-state index in [-0.39, 0.29) is 6.04 Å². The Balaban J connectivity index is 1.91. The molecule has 3 N–H and O–H groups in total. The molecule has 1 aromatic heterocycles. The molecule has 0 spiro atoms. The standard InChI is InChI=1S/C15H22N4OS/c1-3-12(16)8-9-17-15-18-14(19-21-15)10-11-6-4-5-7-13(11)20-2/h4-7,12H,3,8-10,16H2,1-2H3,(H,17,18,19). The quantitative estimate of drug-likeness (QED) is 0.784. The van der Waals surface area contributed by atoms with Crippen LogP contribution in [0.2, 0.25) is 0 Å². The first-order valence-electron chi connectivity index (χ1n) is 7.16. The summed E-state index contributed by atoms with van der Waals surface area (Å²) in [6.07, 6.45) is 2.62. The Morgan fingerprint density at radius 2 is 2.19 bits per heavy atom. The maximum Gasteiger partial charge on any atom is 0.202 e. The van der Waals surface area contributed by atoms with Crippen molar-refractivity contribution in [2.45, 2.75) is 32.2 Å². The highest BCUT2D eigenvalue weighted by Crippen LogP contribution is 2.21. The maximum atomic E-state index is 5.89. The van der Waals surface area contributed by atoms with Gasteiger partial charge >= 0.3 is 0 Å². The van der Waals surface area contributed by atoms with E-state index in [0.717, 1.165) is 41.7 Å². The monoisotopic (exact) mass is 306 g/mol. The Labute approximate surface area is 129 Å². The molecule has 0 aliphatic heterocycles. The number of aromatic nitrogens is 2. The highest BCUT2D eigenvalue weighted by molar-refractivity contribution is 7.09. The highest BCUT2D eigenvalue weighted by atomic mass is 32.1. The molecule has 0 bridgehead atoms. The lowest BCUT2D eigenvalue weighted by atomic mass is 10.1. The Morgan fingerprint density at radius 3 is 2.95 bits per heavy atom. The van der Waals surface area contributed by atoms with Crippen LogP contribution in [0.25, 0.3) is 0 Å². The van der Waals surface area contributed by atoms with E-state index in [1.165, 1.54) is 11.5 Å². The van der Waals surface area contributed by atoms with Gasteiger partial charge in [0.25, 0.3) is 0 Å². The summed E-state index contributed by atoms with van der Waals surface area (Å²) in [6.45, 7) is 2.93. The molecule has 1 atom stereocenters. The first-order chi connectivity index (χ1) is 10.2. The molecule has 0 aliphatic rings. The highest BCUT2D eigenvalue weighted by Gasteiger charge is 2.08. The smallest absolute Gasteiger partial charge is 0.202 e. The van der Waals surface area contributed by atoms with Crippen LogP contribution in [0.3, 0.4) is 0 Å². The van der Waals surface area contributed by atoms with E-state index in [1.54, 1.807) is 7.11 Å². The number of hydrogen-bond donors (Lipinski definition) is 2. The predicted molar refractivity (Wildman–Crippen MR) is 87.1 cm³/mol. The van der Waals surface area contributed by atoms with Gasteiger partial charge in [0.05, 0.1) is 7.11 Å². The molecule has 0 amide bonds. The number of para-hydroxylation sites is 1. The number of hydrogen-bond acceptors (Lipinski definition) is 6. The fraction of sp³-hybridized carbons (Fsp3) is 0.467. The largest absolute Gasteiger partial charge is 0.496 e. The number of benzene rings is 1. The molecule has 0 saturated heterocycles. The van der Waals surface area contributed by atoms with Crippen molar-refractivity contribution in [2.24, 2.45) is 5.73 Å². The molecule has 114 valence electrons. The van der Waals surface area contributed by atoms with Crippen LogP contribution in [0, 0.1) is 0 Å². The van der Waals surface area contributed by atoms with Gasteiger partial charge in [0, 0.05) is 36.1 Å². The zero-order chi connectivity index (χ0) is 15.1. The van der Waals surface area contributed by atoms with Crippen molar-refractivity contribution in [3.8, 4) is 5.75 Å². The van der Waals surface area contributed by atoms with Gasteiger partial charge < -0.3 is 15.8 Å². The molecule has 1 heterocycles. The van der Waals surface area contributed by atoms with Gasteiger partial charge in [-0.1, -0.05) is 25.1 Å². The summed E-state index contributed by atoms with van der Waals surface area (Å²) in [5.74, 6) is 1.68. The molecule has 5 nitrogen and oxygen atoms in total. The molecule has 0 fully saturated rings. The van der Waals surface area contributed by atoms with Gasteiger partial charge in [0.15, 0.2) is 0 Å². The van der Waals surface area contributed by atoms with Crippen molar-refractivity contribution >= 4 is 16.7 Å². The van der Waals surface area contributed by atoms with Crippen molar-refractivity contribution in [1.82, 2.24) is 9.36 Å². The summed E-state index contributed by atoms with van der Waals surface area (Å²) in [7, 11) is 1.68. The van der Waals surface area contributed by atoms with Gasteiger partial charge in [0.2, 0.25) is 5.13 Å². The van der Waals surface area contributed by atoms with E-state index >= 15 is 0 Å². The first-order valence-corrected chi connectivity index (χ1v) is 7.94. The molecule has 21 heavy (non-hydrogen) atoms. The fourth-order valence-corrected chi connectivity index (χ4v) is 2.60. The molecular formula is C15H22N4OS. The minimum atomic E-state index is 0.249. The van der Waals surface area contributed by atoms with Crippen molar-refractivity contribution in [3.63, 3.8) is 0 Å². The van der Waals surface area contributed by atoms with E-state index < -0.39 is 0 Å².